The number of rotatable bonds is 10. The highest BCUT2D eigenvalue weighted by Crippen LogP contribution is 2.23. The van der Waals surface area contributed by atoms with Gasteiger partial charge in [0.2, 0.25) is 11.8 Å². The summed E-state index contributed by atoms with van der Waals surface area (Å²) in [5.41, 5.74) is 2.91. The van der Waals surface area contributed by atoms with E-state index >= 15 is 0 Å². The number of nitrogens with zero attached hydrogens (tertiary/aromatic N) is 1. The molecule has 1 unspecified atom stereocenters. The van der Waals surface area contributed by atoms with Crippen LogP contribution in [0.25, 0.3) is 10.8 Å². The van der Waals surface area contributed by atoms with Crippen LogP contribution in [-0.4, -0.2) is 23.8 Å². The summed E-state index contributed by atoms with van der Waals surface area (Å²) in [6, 6.07) is 22.1. The van der Waals surface area contributed by atoms with E-state index in [-0.39, 0.29) is 36.5 Å². The first-order valence-electron chi connectivity index (χ1n) is 13.0. The molecule has 4 aromatic rings. The number of pyridine rings is 1. The number of nitrogens with one attached hydrogen (secondary N) is 3. The largest absolute Gasteiger partial charge is 1.00 e. The van der Waals surface area contributed by atoms with E-state index in [4.69, 9.17) is 0 Å². The van der Waals surface area contributed by atoms with Crippen molar-refractivity contribution < 1.29 is 31.4 Å². The van der Waals surface area contributed by atoms with Gasteiger partial charge in [0.15, 0.2) is 12.4 Å². The fourth-order valence-electron chi connectivity index (χ4n) is 4.28. The van der Waals surface area contributed by atoms with E-state index in [0.29, 0.717) is 23.4 Å². The van der Waals surface area contributed by atoms with E-state index < -0.39 is 6.04 Å². The molecule has 0 bridgehead atoms. The monoisotopic (exact) mass is 622 g/mol. The zero-order valence-corrected chi connectivity index (χ0v) is 24.8. The van der Waals surface area contributed by atoms with Gasteiger partial charge in [-0.2, -0.15) is 0 Å². The number of benzene rings is 3. The first-order valence-corrected chi connectivity index (χ1v) is 13.8. The van der Waals surface area contributed by atoms with Crippen molar-refractivity contribution in [3.63, 3.8) is 0 Å². The predicted molar refractivity (Wildman–Crippen MR) is 158 cm³/mol. The summed E-state index contributed by atoms with van der Waals surface area (Å²) in [6.45, 7) is 4.59. The Morgan fingerprint density at radius 1 is 0.925 bits per heavy atom. The summed E-state index contributed by atoms with van der Waals surface area (Å²) in [5, 5.41) is 10.6. The molecule has 1 heterocycles. The number of aromatic nitrogens is 1. The summed E-state index contributed by atoms with van der Waals surface area (Å²) < 4.78 is 2.83. The van der Waals surface area contributed by atoms with Crippen molar-refractivity contribution in [2.45, 2.75) is 45.7 Å². The molecule has 0 radical (unpaired) electrons. The molecule has 40 heavy (non-hydrogen) atoms. The lowest BCUT2D eigenvalue weighted by atomic mass is 10.1. The van der Waals surface area contributed by atoms with Crippen molar-refractivity contribution in [1.29, 1.82) is 0 Å². The number of hydrogen-bond donors (Lipinski definition) is 3. The highest BCUT2D eigenvalue weighted by atomic mass is 79.9. The lowest BCUT2D eigenvalue weighted by molar-refractivity contribution is -0.697. The highest BCUT2D eigenvalue weighted by Gasteiger charge is 2.17. The molecule has 0 spiro atoms. The Balaban J connectivity index is 0.00000441. The smallest absolute Gasteiger partial charge is 0.261 e. The van der Waals surface area contributed by atoms with Gasteiger partial charge in [-0.15, -0.1) is 0 Å². The summed E-state index contributed by atoms with van der Waals surface area (Å²) in [6.07, 6.45) is 5.51. The Morgan fingerprint density at radius 2 is 1.65 bits per heavy atom. The zero-order valence-electron chi connectivity index (χ0n) is 22.4. The molecule has 3 amide bonds. The van der Waals surface area contributed by atoms with Crippen LogP contribution in [0.1, 0.15) is 42.6 Å². The van der Waals surface area contributed by atoms with Gasteiger partial charge in [-0.3, -0.25) is 14.4 Å². The van der Waals surface area contributed by atoms with Crippen LogP contribution in [0.5, 0.6) is 0 Å². The van der Waals surface area contributed by atoms with Crippen molar-refractivity contribution in [2.75, 3.05) is 10.6 Å². The molecule has 0 saturated heterocycles. The molecule has 0 aliphatic heterocycles. The average Bonchev–Trinajstić information content (AvgIpc) is 2.92. The maximum absolute atomic E-state index is 12.7. The molecule has 3 aromatic carbocycles. The van der Waals surface area contributed by atoms with Gasteiger partial charge in [-0.25, -0.2) is 4.57 Å². The number of carbonyl (C=O) groups is 3. The number of aryl methyl sites for hydroxylation is 2. The quantitative estimate of drug-likeness (QED) is 0.237. The normalized spacial score (nSPS) is 11.3. The summed E-state index contributed by atoms with van der Waals surface area (Å²) in [7, 11) is 0. The lowest BCUT2D eigenvalue weighted by Crippen LogP contribution is -3.00. The van der Waals surface area contributed by atoms with Gasteiger partial charge in [-0.1, -0.05) is 55.5 Å². The van der Waals surface area contributed by atoms with E-state index in [1.165, 1.54) is 0 Å². The Bertz CT molecular complexity index is 1490. The zero-order chi connectivity index (χ0) is 27.8. The van der Waals surface area contributed by atoms with Gasteiger partial charge in [-0.05, 0) is 64.5 Å². The maximum Gasteiger partial charge on any atom is 0.261 e. The van der Waals surface area contributed by atoms with Crippen molar-refractivity contribution in [1.82, 2.24) is 5.32 Å². The van der Waals surface area contributed by atoms with Gasteiger partial charge in [0.1, 0.15) is 18.2 Å². The fraction of sp³-hybridized carbons (Fsp3) is 0.226. The molecule has 7 nitrogen and oxygen atoms in total. The molecule has 0 aliphatic rings. The molecular weight excluding hydrogens is 592 g/mol. The molecule has 208 valence electrons. The van der Waals surface area contributed by atoms with E-state index in [9.17, 15) is 14.4 Å². The van der Waals surface area contributed by atoms with Crippen LogP contribution < -0.4 is 32.9 Å². The molecule has 1 atom stereocenters. The Labute approximate surface area is 248 Å². The number of amides is 3. The van der Waals surface area contributed by atoms with Gasteiger partial charge >= 0.3 is 0 Å². The summed E-state index contributed by atoms with van der Waals surface area (Å²) in [4.78, 5) is 37.9. The van der Waals surface area contributed by atoms with Crippen LogP contribution in [0.4, 0.5) is 11.4 Å². The van der Waals surface area contributed by atoms with Crippen LogP contribution >= 0.6 is 15.9 Å². The molecule has 0 fully saturated rings. The predicted octanol–water partition coefficient (Wildman–Crippen LogP) is 2.63. The van der Waals surface area contributed by atoms with E-state index in [2.05, 4.69) is 38.8 Å². The summed E-state index contributed by atoms with van der Waals surface area (Å²) in [5.74, 6) is -0.669. The number of anilines is 2. The fourth-order valence-corrected chi connectivity index (χ4v) is 4.79. The Morgan fingerprint density at radius 3 is 2.40 bits per heavy atom. The van der Waals surface area contributed by atoms with Crippen LogP contribution in [0.2, 0.25) is 0 Å². The third kappa shape index (κ3) is 8.37. The van der Waals surface area contributed by atoms with Crippen LogP contribution in [0.3, 0.4) is 0 Å². The summed E-state index contributed by atoms with van der Waals surface area (Å²) >= 11 is 3.47. The average molecular weight is 624 g/mol. The maximum atomic E-state index is 12.7. The molecule has 0 aliphatic carbocycles. The van der Waals surface area contributed by atoms with Crippen molar-refractivity contribution in [3.8, 4) is 0 Å². The van der Waals surface area contributed by atoms with Crippen molar-refractivity contribution in [3.05, 3.63) is 101 Å². The first-order chi connectivity index (χ1) is 18.8. The van der Waals surface area contributed by atoms with E-state index in [1.54, 1.807) is 13.0 Å². The number of fused-ring (bicyclic) bond motifs is 1. The minimum Gasteiger partial charge on any atom is -1.00 e. The van der Waals surface area contributed by atoms with Gasteiger partial charge in [0, 0.05) is 29.6 Å². The number of carbonyl (C=O) groups excluding carboxylic acids is 3. The third-order valence-corrected chi connectivity index (χ3v) is 6.74. The van der Waals surface area contributed by atoms with Crippen molar-refractivity contribution in [2.24, 2.45) is 0 Å². The SMILES string of the molecule is CCC[n+]1cc(Br)cc(C(=O)Nc2ccc(CCC(=O)NC(C)C(=O)Nc3cccc4ccccc34)cc2)c1.[Cl-]. The second-order valence-electron chi connectivity index (χ2n) is 9.44. The molecule has 9 heteroatoms. The lowest BCUT2D eigenvalue weighted by Gasteiger charge is -2.15. The van der Waals surface area contributed by atoms with E-state index in [0.717, 1.165) is 33.8 Å². The minimum atomic E-state index is -0.678. The molecule has 1 aromatic heterocycles. The second kappa shape index (κ2) is 14.6. The third-order valence-electron chi connectivity index (χ3n) is 6.30. The number of hydrogen-bond acceptors (Lipinski definition) is 3. The Hall–Kier alpha value is -3.75. The van der Waals surface area contributed by atoms with Gasteiger partial charge in [0.05, 0.1) is 4.47 Å². The molecule has 3 N–H and O–H groups in total. The first kappa shape index (κ1) is 30.8. The second-order valence-corrected chi connectivity index (χ2v) is 10.4. The molecular formula is C31H32BrClN4O3. The molecule has 0 saturated carbocycles. The van der Waals surface area contributed by atoms with Gasteiger partial charge < -0.3 is 28.4 Å². The number of halogens is 2. The Kier molecular flexibility index (Phi) is 11.2. The topological polar surface area (TPSA) is 91.2 Å². The van der Waals surface area contributed by atoms with Crippen LogP contribution in [-0.2, 0) is 22.6 Å². The molecule has 4 rings (SSSR count). The van der Waals surface area contributed by atoms with E-state index in [1.807, 2.05) is 83.7 Å². The minimum absolute atomic E-state index is 0. The van der Waals surface area contributed by atoms with Gasteiger partial charge in [0.25, 0.3) is 5.91 Å². The van der Waals surface area contributed by atoms with Crippen LogP contribution in [0.15, 0.2) is 89.7 Å². The van der Waals surface area contributed by atoms with Crippen LogP contribution in [0, 0.1) is 0 Å². The standard InChI is InChI=1S/C31H31BrN4O3.ClH/c1-3-17-36-19-24(18-25(32)20-36)31(39)34-26-14-11-22(12-15-26)13-16-29(37)33-21(2)30(38)35-28-10-6-8-23-7-4-5-9-27(23)28;/h4-12,14-15,18-21H,3,13,16-17H2,1-2H3,(H2-,33,34,35,37,38,39);1H. The van der Waals surface area contributed by atoms with Crippen molar-refractivity contribution >= 4 is 55.8 Å². The highest BCUT2D eigenvalue weighted by molar-refractivity contribution is 9.10.